The monoisotopic (exact) mass is 390 g/mol. The first-order valence-electron chi connectivity index (χ1n) is 9.02. The van der Waals surface area contributed by atoms with Gasteiger partial charge in [-0.3, -0.25) is 19.8 Å². The Morgan fingerprint density at radius 1 is 1.25 bits per heavy atom. The zero-order chi connectivity index (χ0) is 20.3. The molecule has 2 saturated heterocycles. The van der Waals surface area contributed by atoms with Gasteiger partial charge in [0, 0.05) is 25.8 Å². The number of carbonyl (C=O) groups is 4. The molecule has 3 amide bonds. The Bertz CT molecular complexity index is 767. The van der Waals surface area contributed by atoms with Crippen LogP contribution in [0.15, 0.2) is 30.3 Å². The average molecular weight is 390 g/mol. The van der Waals surface area contributed by atoms with E-state index in [-0.39, 0.29) is 31.4 Å². The predicted molar refractivity (Wildman–Crippen MR) is 95.0 cm³/mol. The van der Waals surface area contributed by atoms with Gasteiger partial charge in [-0.15, -0.1) is 0 Å². The van der Waals surface area contributed by atoms with Crippen LogP contribution in [0.2, 0.25) is 0 Å². The van der Waals surface area contributed by atoms with E-state index in [9.17, 15) is 19.2 Å². The first kappa shape index (κ1) is 19.8. The fourth-order valence-electron chi connectivity index (χ4n) is 3.29. The van der Waals surface area contributed by atoms with E-state index in [2.05, 4.69) is 5.32 Å². The molecule has 2 aliphatic heterocycles. The summed E-state index contributed by atoms with van der Waals surface area (Å²) < 4.78 is 16.6. The normalized spacial score (nSPS) is 27.3. The molecule has 2 aliphatic rings. The molecular weight excluding hydrogens is 368 g/mol. The average Bonchev–Trinajstić information content (AvgIpc) is 2.96. The Morgan fingerprint density at radius 3 is 2.61 bits per heavy atom. The van der Waals surface area contributed by atoms with Crippen molar-refractivity contribution < 1.29 is 33.4 Å². The Morgan fingerprint density at radius 2 is 1.96 bits per heavy atom. The molecule has 1 aromatic rings. The van der Waals surface area contributed by atoms with Crippen molar-refractivity contribution in [3.05, 3.63) is 35.9 Å². The highest BCUT2D eigenvalue weighted by Crippen LogP contribution is 2.32. The highest BCUT2D eigenvalue weighted by molar-refractivity contribution is 5.96. The minimum absolute atomic E-state index is 0.0580. The van der Waals surface area contributed by atoms with E-state index in [1.807, 2.05) is 0 Å². The van der Waals surface area contributed by atoms with E-state index in [0.29, 0.717) is 5.56 Å². The lowest BCUT2D eigenvalue weighted by Gasteiger charge is -2.34. The second-order valence-corrected chi connectivity index (χ2v) is 6.76. The number of urea groups is 1. The van der Waals surface area contributed by atoms with E-state index in [4.69, 9.17) is 14.2 Å². The van der Waals surface area contributed by atoms with Gasteiger partial charge in [-0.05, 0) is 12.1 Å². The Hall–Kier alpha value is -2.94. The highest BCUT2D eigenvalue weighted by Gasteiger charge is 2.49. The number of amides is 3. The third-order valence-corrected chi connectivity index (χ3v) is 4.78. The Balaban J connectivity index is 1.69. The molecular formula is C19H22N2O7. The number of hydrogen-bond acceptors (Lipinski definition) is 7. The van der Waals surface area contributed by atoms with Crippen molar-refractivity contribution in [3.8, 4) is 0 Å². The molecule has 3 rings (SSSR count). The van der Waals surface area contributed by atoms with Crippen LogP contribution in [0.4, 0.5) is 4.79 Å². The molecule has 28 heavy (non-hydrogen) atoms. The third kappa shape index (κ3) is 4.30. The molecule has 9 heteroatoms. The Kier molecular flexibility index (Phi) is 5.93. The van der Waals surface area contributed by atoms with Crippen LogP contribution >= 0.6 is 0 Å². The molecule has 0 saturated carbocycles. The van der Waals surface area contributed by atoms with Crippen LogP contribution in [0, 0.1) is 5.92 Å². The number of imide groups is 1. The van der Waals surface area contributed by atoms with Crippen molar-refractivity contribution >= 4 is 23.9 Å². The van der Waals surface area contributed by atoms with E-state index >= 15 is 0 Å². The summed E-state index contributed by atoms with van der Waals surface area (Å²) in [5.41, 5.74) is 0.412. The molecule has 0 radical (unpaired) electrons. The van der Waals surface area contributed by atoms with E-state index in [1.54, 1.807) is 37.3 Å². The molecule has 4 atom stereocenters. The molecule has 2 heterocycles. The quantitative estimate of drug-likeness (QED) is 0.749. The number of hydrogen-bond donors (Lipinski definition) is 1. The number of nitrogens with one attached hydrogen (secondary N) is 1. The van der Waals surface area contributed by atoms with E-state index in [0.717, 1.165) is 0 Å². The number of ether oxygens (including phenoxy) is 3. The summed E-state index contributed by atoms with van der Waals surface area (Å²) in [5, 5.41) is 2.22. The summed E-state index contributed by atoms with van der Waals surface area (Å²) >= 11 is 0. The van der Waals surface area contributed by atoms with Crippen molar-refractivity contribution in [2.45, 2.75) is 38.7 Å². The van der Waals surface area contributed by atoms with Crippen LogP contribution in [0.25, 0.3) is 0 Å². The molecule has 0 aromatic heterocycles. The SMILES string of the molecule is CC(=O)O[C@@H]1[C@H](C)[C@@H](COC(=O)c2ccccc2)O[C@H]1N1CCC(=O)NC1=O. The van der Waals surface area contributed by atoms with Gasteiger partial charge in [0.25, 0.3) is 0 Å². The first-order chi connectivity index (χ1) is 13.4. The van der Waals surface area contributed by atoms with Gasteiger partial charge in [-0.2, -0.15) is 0 Å². The van der Waals surface area contributed by atoms with Crippen LogP contribution in [0.5, 0.6) is 0 Å². The van der Waals surface area contributed by atoms with Crippen molar-refractivity contribution in [2.24, 2.45) is 5.92 Å². The summed E-state index contributed by atoms with van der Waals surface area (Å²) in [6.07, 6.45) is -2.06. The molecule has 0 bridgehead atoms. The second kappa shape index (κ2) is 8.39. The highest BCUT2D eigenvalue weighted by atomic mass is 16.6. The molecule has 1 N–H and O–H groups in total. The number of benzene rings is 1. The maximum absolute atomic E-state index is 12.2. The predicted octanol–water partition coefficient (Wildman–Crippen LogP) is 1.08. The van der Waals surface area contributed by atoms with Crippen LogP contribution in [-0.4, -0.2) is 60.4 Å². The van der Waals surface area contributed by atoms with Gasteiger partial charge in [0.15, 0.2) is 12.3 Å². The van der Waals surface area contributed by atoms with Crippen LogP contribution < -0.4 is 5.32 Å². The maximum atomic E-state index is 12.2. The lowest BCUT2D eigenvalue weighted by atomic mass is 10.00. The summed E-state index contributed by atoms with van der Waals surface area (Å²) in [5.74, 6) is -1.71. The fourth-order valence-corrected chi connectivity index (χ4v) is 3.29. The van der Waals surface area contributed by atoms with Crippen LogP contribution in [0.1, 0.15) is 30.6 Å². The lowest BCUT2D eigenvalue weighted by molar-refractivity contribution is -0.157. The smallest absolute Gasteiger partial charge is 0.338 e. The molecule has 0 aliphatic carbocycles. The fraction of sp³-hybridized carbons (Fsp3) is 0.474. The second-order valence-electron chi connectivity index (χ2n) is 6.76. The standard InChI is InChI=1S/C19H22N2O7/c1-11-14(10-26-18(24)13-6-4-3-5-7-13)28-17(16(11)27-12(2)22)21-9-8-15(23)20-19(21)25/h3-7,11,14,16-17H,8-10H2,1-2H3,(H,20,23,25)/t11-,14-,16-,17-/m1/s1. The third-order valence-electron chi connectivity index (χ3n) is 4.78. The number of carbonyl (C=O) groups excluding carboxylic acids is 4. The van der Waals surface area contributed by atoms with Gasteiger partial charge in [0.1, 0.15) is 12.7 Å². The summed E-state index contributed by atoms with van der Waals surface area (Å²) in [4.78, 5) is 48.6. The molecule has 0 spiro atoms. The molecule has 150 valence electrons. The van der Waals surface area contributed by atoms with E-state index < -0.39 is 36.4 Å². The minimum atomic E-state index is -0.868. The number of nitrogens with zero attached hydrogens (tertiary/aromatic N) is 1. The maximum Gasteiger partial charge on any atom is 0.338 e. The van der Waals surface area contributed by atoms with Gasteiger partial charge >= 0.3 is 18.0 Å². The Labute approximate surface area is 161 Å². The summed E-state index contributed by atoms with van der Waals surface area (Å²) in [6.45, 7) is 3.15. The van der Waals surface area contributed by atoms with Gasteiger partial charge in [-0.1, -0.05) is 25.1 Å². The van der Waals surface area contributed by atoms with Crippen molar-refractivity contribution in [3.63, 3.8) is 0 Å². The molecule has 0 unspecified atom stereocenters. The lowest BCUT2D eigenvalue weighted by Crippen LogP contribution is -2.56. The number of rotatable bonds is 5. The first-order valence-corrected chi connectivity index (χ1v) is 9.02. The van der Waals surface area contributed by atoms with Crippen molar-refractivity contribution in [1.29, 1.82) is 0 Å². The molecule has 9 nitrogen and oxygen atoms in total. The molecule has 1 aromatic carbocycles. The van der Waals surface area contributed by atoms with Crippen molar-refractivity contribution in [2.75, 3.05) is 13.2 Å². The zero-order valence-corrected chi connectivity index (χ0v) is 15.6. The minimum Gasteiger partial charge on any atom is -0.459 e. The zero-order valence-electron chi connectivity index (χ0n) is 15.6. The largest absolute Gasteiger partial charge is 0.459 e. The number of esters is 2. The van der Waals surface area contributed by atoms with Crippen molar-refractivity contribution in [1.82, 2.24) is 10.2 Å². The topological polar surface area (TPSA) is 111 Å². The summed E-state index contributed by atoms with van der Waals surface area (Å²) in [7, 11) is 0. The van der Waals surface area contributed by atoms with Gasteiger partial charge < -0.3 is 14.2 Å². The van der Waals surface area contributed by atoms with E-state index in [1.165, 1.54) is 11.8 Å². The van der Waals surface area contributed by atoms with Gasteiger partial charge in [0.05, 0.1) is 5.56 Å². The summed E-state index contributed by atoms with van der Waals surface area (Å²) in [6, 6.07) is 7.93. The van der Waals surface area contributed by atoms with Crippen LogP contribution in [0.3, 0.4) is 0 Å². The van der Waals surface area contributed by atoms with Gasteiger partial charge in [-0.25, -0.2) is 9.59 Å². The molecule has 2 fully saturated rings. The van der Waals surface area contributed by atoms with Crippen LogP contribution in [-0.2, 0) is 23.8 Å². The van der Waals surface area contributed by atoms with Gasteiger partial charge in [0.2, 0.25) is 5.91 Å².